The summed E-state index contributed by atoms with van der Waals surface area (Å²) in [6.45, 7) is 3.48. The van der Waals surface area contributed by atoms with E-state index < -0.39 is 11.9 Å². The minimum atomic E-state index is -4.37. The molecule has 80 valence electrons. The summed E-state index contributed by atoms with van der Waals surface area (Å²) in [6, 6.07) is 0. The minimum Gasteiger partial charge on any atom is -0.325 e. The highest BCUT2D eigenvalue weighted by atomic mass is 32.1. The molecule has 0 unspecified atom stereocenters. The highest BCUT2D eigenvalue weighted by Crippen LogP contribution is 2.37. The van der Waals surface area contributed by atoms with Gasteiger partial charge in [-0.05, 0) is 5.92 Å². The van der Waals surface area contributed by atoms with E-state index in [0.29, 0.717) is 5.01 Å². The van der Waals surface area contributed by atoms with Crippen LogP contribution in [-0.2, 0) is 12.7 Å². The van der Waals surface area contributed by atoms with Crippen LogP contribution >= 0.6 is 11.3 Å². The number of nitrogens with zero attached hydrogens (tertiary/aromatic N) is 1. The molecule has 0 bridgehead atoms. The van der Waals surface area contributed by atoms with Crippen molar-refractivity contribution in [3.63, 3.8) is 0 Å². The van der Waals surface area contributed by atoms with E-state index in [4.69, 9.17) is 5.73 Å². The molecule has 0 atom stereocenters. The molecule has 1 heterocycles. The van der Waals surface area contributed by atoms with Gasteiger partial charge in [-0.25, -0.2) is 4.98 Å². The molecular weight excluding hydrogens is 213 g/mol. The molecule has 0 saturated carbocycles. The summed E-state index contributed by atoms with van der Waals surface area (Å²) in [5, 5.41) is 0.334. The Morgan fingerprint density at radius 2 is 2.00 bits per heavy atom. The van der Waals surface area contributed by atoms with Crippen LogP contribution in [0.25, 0.3) is 0 Å². The van der Waals surface area contributed by atoms with Crippen molar-refractivity contribution in [2.45, 2.75) is 32.5 Å². The third-order valence-corrected chi connectivity index (χ3v) is 3.04. The van der Waals surface area contributed by atoms with Crippen LogP contribution < -0.4 is 5.73 Å². The van der Waals surface area contributed by atoms with E-state index in [1.807, 2.05) is 0 Å². The molecule has 0 aliphatic rings. The molecule has 0 amide bonds. The SMILES string of the molecule is CC(C)c1sc(CN)nc1C(F)(F)F. The van der Waals surface area contributed by atoms with Gasteiger partial charge >= 0.3 is 6.18 Å². The van der Waals surface area contributed by atoms with Gasteiger partial charge in [-0.3, -0.25) is 0 Å². The van der Waals surface area contributed by atoms with E-state index in [0.717, 1.165) is 11.3 Å². The lowest BCUT2D eigenvalue weighted by Crippen LogP contribution is -2.09. The van der Waals surface area contributed by atoms with E-state index >= 15 is 0 Å². The van der Waals surface area contributed by atoms with Crippen LogP contribution in [0.3, 0.4) is 0 Å². The number of nitrogens with two attached hydrogens (primary N) is 1. The third kappa shape index (κ3) is 2.24. The summed E-state index contributed by atoms with van der Waals surface area (Å²) in [5.74, 6) is -0.176. The molecule has 0 fully saturated rings. The normalized spacial score (nSPS) is 12.5. The molecular formula is C8H11F3N2S. The first-order chi connectivity index (χ1) is 6.36. The van der Waals surface area contributed by atoms with Crippen molar-refractivity contribution in [1.82, 2.24) is 4.98 Å². The van der Waals surface area contributed by atoms with E-state index in [1.165, 1.54) is 0 Å². The van der Waals surface area contributed by atoms with Gasteiger partial charge < -0.3 is 5.73 Å². The maximum Gasteiger partial charge on any atom is 0.434 e. The van der Waals surface area contributed by atoms with Crippen LogP contribution in [0.15, 0.2) is 0 Å². The second kappa shape index (κ2) is 3.86. The van der Waals surface area contributed by atoms with Gasteiger partial charge in [0.2, 0.25) is 0 Å². The monoisotopic (exact) mass is 224 g/mol. The third-order valence-electron chi connectivity index (χ3n) is 1.67. The molecule has 1 aromatic rings. The average Bonchev–Trinajstić information content (AvgIpc) is 2.46. The highest BCUT2D eigenvalue weighted by Gasteiger charge is 2.37. The van der Waals surface area contributed by atoms with Crippen LogP contribution in [0, 0.1) is 0 Å². The van der Waals surface area contributed by atoms with Crippen molar-refractivity contribution in [2.24, 2.45) is 5.73 Å². The first kappa shape index (κ1) is 11.5. The zero-order valence-electron chi connectivity index (χ0n) is 7.85. The van der Waals surface area contributed by atoms with E-state index in [-0.39, 0.29) is 17.3 Å². The van der Waals surface area contributed by atoms with Gasteiger partial charge in [0.1, 0.15) is 5.01 Å². The summed E-state index contributed by atoms with van der Waals surface area (Å²) in [4.78, 5) is 3.75. The number of hydrogen-bond donors (Lipinski definition) is 1. The van der Waals surface area contributed by atoms with Gasteiger partial charge in [-0.15, -0.1) is 11.3 Å². The fourth-order valence-electron chi connectivity index (χ4n) is 1.06. The Bertz CT molecular complexity index is 317. The number of rotatable bonds is 2. The van der Waals surface area contributed by atoms with Crippen LogP contribution in [0.4, 0.5) is 13.2 Å². The van der Waals surface area contributed by atoms with Crippen LogP contribution in [0.2, 0.25) is 0 Å². The van der Waals surface area contributed by atoms with E-state index in [1.54, 1.807) is 13.8 Å². The fraction of sp³-hybridized carbons (Fsp3) is 0.625. The highest BCUT2D eigenvalue weighted by molar-refractivity contribution is 7.11. The van der Waals surface area contributed by atoms with Crippen molar-refractivity contribution in [1.29, 1.82) is 0 Å². The van der Waals surface area contributed by atoms with Gasteiger partial charge in [0.05, 0.1) is 0 Å². The standard InChI is InChI=1S/C8H11F3N2S/c1-4(2)6-7(8(9,10)11)13-5(3-12)14-6/h4H,3,12H2,1-2H3. The van der Waals surface area contributed by atoms with Crippen LogP contribution in [-0.4, -0.2) is 4.98 Å². The number of aromatic nitrogens is 1. The predicted molar refractivity (Wildman–Crippen MR) is 49.1 cm³/mol. The van der Waals surface area contributed by atoms with Gasteiger partial charge in [0.25, 0.3) is 0 Å². The largest absolute Gasteiger partial charge is 0.434 e. The summed E-state index contributed by atoms with van der Waals surface area (Å²) in [5.41, 5.74) is 4.48. The minimum absolute atomic E-state index is 0.0560. The molecule has 0 spiro atoms. The Balaban J connectivity index is 3.19. The number of halogens is 3. The molecule has 0 aromatic carbocycles. The van der Waals surface area contributed by atoms with Crippen molar-refractivity contribution in [2.75, 3.05) is 0 Å². The van der Waals surface area contributed by atoms with Crippen molar-refractivity contribution in [3.05, 3.63) is 15.6 Å². The Morgan fingerprint density at radius 3 is 2.29 bits per heavy atom. The Hall–Kier alpha value is -0.620. The second-order valence-corrected chi connectivity index (χ2v) is 4.29. The summed E-state index contributed by atoms with van der Waals surface area (Å²) < 4.78 is 37.4. The summed E-state index contributed by atoms with van der Waals surface area (Å²) in [6.07, 6.45) is -4.37. The van der Waals surface area contributed by atoms with Crippen molar-refractivity contribution in [3.8, 4) is 0 Å². The smallest absolute Gasteiger partial charge is 0.325 e. The quantitative estimate of drug-likeness (QED) is 0.838. The first-order valence-corrected chi connectivity index (χ1v) is 4.94. The predicted octanol–water partition coefficient (Wildman–Crippen LogP) is 2.74. The number of hydrogen-bond acceptors (Lipinski definition) is 3. The molecule has 1 rings (SSSR count). The first-order valence-electron chi connectivity index (χ1n) is 4.13. The van der Waals surface area contributed by atoms with Crippen LogP contribution in [0.1, 0.15) is 35.3 Å². The van der Waals surface area contributed by atoms with Crippen molar-refractivity contribution >= 4 is 11.3 Å². The molecule has 14 heavy (non-hydrogen) atoms. The fourth-order valence-corrected chi connectivity index (χ4v) is 2.03. The second-order valence-electron chi connectivity index (χ2n) is 3.18. The van der Waals surface area contributed by atoms with Gasteiger partial charge in [0.15, 0.2) is 5.69 Å². The van der Waals surface area contributed by atoms with Crippen molar-refractivity contribution < 1.29 is 13.2 Å². The lowest BCUT2D eigenvalue weighted by molar-refractivity contribution is -0.141. The Morgan fingerprint density at radius 1 is 1.43 bits per heavy atom. The average molecular weight is 224 g/mol. The Kier molecular flexibility index (Phi) is 3.16. The maximum atomic E-state index is 12.5. The number of thiazole rings is 1. The van der Waals surface area contributed by atoms with Crippen LogP contribution in [0.5, 0.6) is 0 Å². The lowest BCUT2D eigenvalue weighted by atomic mass is 10.1. The van der Waals surface area contributed by atoms with E-state index in [9.17, 15) is 13.2 Å². The van der Waals surface area contributed by atoms with Gasteiger partial charge in [0, 0.05) is 11.4 Å². The summed E-state index contributed by atoms with van der Waals surface area (Å²) in [7, 11) is 0. The molecule has 2 nitrogen and oxygen atoms in total. The maximum absolute atomic E-state index is 12.5. The lowest BCUT2D eigenvalue weighted by Gasteiger charge is -2.07. The van der Waals surface area contributed by atoms with Gasteiger partial charge in [-0.1, -0.05) is 13.8 Å². The van der Waals surface area contributed by atoms with E-state index in [2.05, 4.69) is 4.98 Å². The topological polar surface area (TPSA) is 38.9 Å². The molecule has 0 aliphatic heterocycles. The molecule has 6 heteroatoms. The zero-order valence-corrected chi connectivity index (χ0v) is 8.67. The molecule has 2 N–H and O–H groups in total. The zero-order chi connectivity index (χ0) is 10.9. The molecule has 1 aromatic heterocycles. The summed E-state index contributed by atoms with van der Waals surface area (Å²) >= 11 is 1.04. The molecule has 0 radical (unpaired) electrons. The van der Waals surface area contributed by atoms with Gasteiger partial charge in [-0.2, -0.15) is 13.2 Å². The Labute approximate surface area is 84.0 Å². The molecule has 0 saturated heterocycles. The number of alkyl halides is 3. The molecule has 0 aliphatic carbocycles.